The number of H-pyrrole nitrogens is 1. The number of carbonyl (C=O) groups is 2. The number of allylic oxidation sites excluding steroid dienone is 1. The molecule has 0 saturated heterocycles. The lowest BCUT2D eigenvalue weighted by Gasteiger charge is -2.29. The SMILES string of the molecule is CCCN[C@H]1C=C[C@@H](n2[nH]c(=O)n(C)c2=O)c2cc(OC(=O)C(C)(C)C)c(OC(=O)C(C)(C)C)cc21. The second kappa shape index (κ2) is 9.93. The second-order valence-electron chi connectivity index (χ2n) is 11.1. The van der Waals surface area contributed by atoms with Crippen molar-refractivity contribution in [1.82, 2.24) is 19.7 Å². The molecule has 0 amide bonds. The van der Waals surface area contributed by atoms with E-state index in [1.165, 1.54) is 11.7 Å². The maximum absolute atomic E-state index is 12.8. The van der Waals surface area contributed by atoms with Crippen LogP contribution in [0.2, 0.25) is 0 Å². The van der Waals surface area contributed by atoms with Gasteiger partial charge < -0.3 is 14.8 Å². The Labute approximate surface area is 210 Å². The summed E-state index contributed by atoms with van der Waals surface area (Å²) in [6, 6.07) is 2.36. The number of benzene rings is 1. The van der Waals surface area contributed by atoms with Crippen molar-refractivity contribution in [2.75, 3.05) is 6.54 Å². The third-order valence-corrected chi connectivity index (χ3v) is 5.83. The van der Waals surface area contributed by atoms with Crippen LogP contribution in [-0.2, 0) is 16.6 Å². The van der Waals surface area contributed by atoms with Gasteiger partial charge in [0.1, 0.15) is 0 Å². The van der Waals surface area contributed by atoms with Crippen molar-refractivity contribution in [2.24, 2.45) is 17.9 Å². The smallest absolute Gasteiger partial charge is 0.347 e. The summed E-state index contributed by atoms with van der Waals surface area (Å²) in [7, 11) is 1.39. The number of nitrogens with one attached hydrogen (secondary N) is 2. The lowest BCUT2D eigenvalue weighted by Crippen LogP contribution is -2.32. The van der Waals surface area contributed by atoms with Gasteiger partial charge in [-0.05, 0) is 77.8 Å². The van der Waals surface area contributed by atoms with E-state index in [1.54, 1.807) is 53.7 Å². The molecule has 0 bridgehead atoms. The average molecular weight is 501 g/mol. The van der Waals surface area contributed by atoms with Crippen molar-refractivity contribution in [3.05, 3.63) is 56.4 Å². The number of aromatic nitrogens is 3. The van der Waals surface area contributed by atoms with Crippen LogP contribution in [-0.4, -0.2) is 32.8 Å². The molecule has 3 rings (SSSR count). The van der Waals surface area contributed by atoms with Crippen molar-refractivity contribution in [1.29, 1.82) is 0 Å². The van der Waals surface area contributed by atoms with Gasteiger partial charge in [-0.2, -0.15) is 0 Å². The highest BCUT2D eigenvalue weighted by Crippen LogP contribution is 2.41. The first-order valence-electron chi connectivity index (χ1n) is 12.1. The number of aromatic amines is 1. The molecule has 0 fully saturated rings. The largest absolute Gasteiger partial charge is 0.422 e. The lowest BCUT2D eigenvalue weighted by molar-refractivity contribution is -0.145. The van der Waals surface area contributed by atoms with E-state index >= 15 is 0 Å². The lowest BCUT2D eigenvalue weighted by atomic mass is 9.88. The van der Waals surface area contributed by atoms with Gasteiger partial charge in [-0.15, -0.1) is 0 Å². The number of fused-ring (bicyclic) bond motifs is 1. The van der Waals surface area contributed by atoms with Crippen LogP contribution in [0.5, 0.6) is 11.5 Å². The van der Waals surface area contributed by atoms with E-state index in [-0.39, 0.29) is 17.5 Å². The van der Waals surface area contributed by atoms with E-state index in [4.69, 9.17) is 9.47 Å². The summed E-state index contributed by atoms with van der Waals surface area (Å²) in [4.78, 5) is 50.5. The maximum Gasteiger partial charge on any atom is 0.347 e. The first-order valence-corrected chi connectivity index (χ1v) is 12.1. The van der Waals surface area contributed by atoms with E-state index in [2.05, 4.69) is 10.4 Å². The van der Waals surface area contributed by atoms with Gasteiger partial charge in [-0.3, -0.25) is 9.59 Å². The van der Waals surface area contributed by atoms with Gasteiger partial charge in [0, 0.05) is 7.05 Å². The predicted molar refractivity (Wildman–Crippen MR) is 135 cm³/mol. The Hall–Kier alpha value is -3.40. The fourth-order valence-electron chi connectivity index (χ4n) is 3.57. The summed E-state index contributed by atoms with van der Waals surface area (Å²) in [6.45, 7) is 13.1. The van der Waals surface area contributed by atoms with Gasteiger partial charge in [0.15, 0.2) is 11.5 Å². The molecular weight excluding hydrogens is 464 g/mol. The Balaban J connectivity index is 2.23. The number of nitrogens with zero attached hydrogens (tertiary/aromatic N) is 2. The van der Waals surface area contributed by atoms with Crippen molar-refractivity contribution < 1.29 is 19.1 Å². The molecule has 0 spiro atoms. The molecule has 1 aliphatic carbocycles. The normalized spacial score (nSPS) is 17.6. The Morgan fingerprint density at radius 1 is 0.944 bits per heavy atom. The van der Waals surface area contributed by atoms with Crippen LogP contribution in [0, 0.1) is 10.8 Å². The zero-order valence-corrected chi connectivity index (χ0v) is 22.2. The molecule has 0 radical (unpaired) electrons. The summed E-state index contributed by atoms with van der Waals surface area (Å²) in [5.74, 6) is -0.825. The van der Waals surface area contributed by atoms with Gasteiger partial charge in [-0.25, -0.2) is 23.9 Å². The molecule has 1 aromatic carbocycles. The minimum Gasteiger partial charge on any atom is -0.422 e. The van der Waals surface area contributed by atoms with Crippen molar-refractivity contribution in [3.8, 4) is 11.5 Å². The highest BCUT2D eigenvalue weighted by Gasteiger charge is 2.33. The molecule has 10 nitrogen and oxygen atoms in total. The first-order chi connectivity index (χ1) is 16.6. The highest BCUT2D eigenvalue weighted by atomic mass is 16.6. The highest BCUT2D eigenvalue weighted by molar-refractivity contribution is 5.81. The quantitative estimate of drug-likeness (QED) is 0.355. The Morgan fingerprint density at radius 3 is 1.92 bits per heavy atom. The van der Waals surface area contributed by atoms with Crippen LogP contribution in [0.1, 0.15) is 78.1 Å². The van der Waals surface area contributed by atoms with E-state index < -0.39 is 40.2 Å². The molecule has 10 heteroatoms. The standard InChI is InChI=1S/C26H36N4O6/c1-9-12-27-17-10-11-18(30-24(34)29(8)23(33)28-30)16-14-20(36-22(32)26(5,6)7)19(13-15(16)17)35-21(31)25(2,3)4/h10-11,13-14,17-18,27H,9,12H2,1-8H3,(H,28,33)/t17-,18+/m0/s1. The molecule has 0 unspecified atom stereocenters. The van der Waals surface area contributed by atoms with Crippen LogP contribution in [0.4, 0.5) is 0 Å². The summed E-state index contributed by atoms with van der Waals surface area (Å²) in [5.41, 5.74) is -1.30. The predicted octanol–water partition coefficient (Wildman–Crippen LogP) is 2.98. The van der Waals surface area contributed by atoms with Crippen molar-refractivity contribution in [2.45, 2.75) is 67.0 Å². The van der Waals surface area contributed by atoms with Crippen LogP contribution < -0.4 is 26.2 Å². The first kappa shape index (κ1) is 27.2. The molecule has 2 N–H and O–H groups in total. The monoisotopic (exact) mass is 500 g/mol. The number of esters is 2. The van der Waals surface area contributed by atoms with E-state index in [1.807, 2.05) is 19.1 Å². The Bertz CT molecular complexity index is 1300. The van der Waals surface area contributed by atoms with E-state index in [0.29, 0.717) is 5.56 Å². The van der Waals surface area contributed by atoms with E-state index in [9.17, 15) is 19.2 Å². The molecule has 1 aliphatic rings. The van der Waals surface area contributed by atoms with Gasteiger partial charge in [0.25, 0.3) is 0 Å². The number of hydrogen-bond acceptors (Lipinski definition) is 7. The van der Waals surface area contributed by atoms with E-state index in [0.717, 1.165) is 23.1 Å². The van der Waals surface area contributed by atoms with Crippen LogP contribution in [0.3, 0.4) is 0 Å². The molecule has 196 valence electrons. The summed E-state index contributed by atoms with van der Waals surface area (Å²) in [6.07, 6.45) is 4.60. The Morgan fingerprint density at radius 2 is 1.47 bits per heavy atom. The third kappa shape index (κ3) is 5.53. The molecule has 1 aromatic heterocycles. The minimum absolute atomic E-state index is 0.0622. The van der Waals surface area contributed by atoms with Gasteiger partial charge in [0.2, 0.25) is 0 Å². The van der Waals surface area contributed by atoms with Gasteiger partial charge in [0.05, 0.1) is 22.9 Å². The van der Waals surface area contributed by atoms with Gasteiger partial charge in [-0.1, -0.05) is 19.1 Å². The summed E-state index contributed by atoms with van der Waals surface area (Å²) in [5, 5.41) is 6.01. The zero-order valence-electron chi connectivity index (χ0n) is 22.2. The molecule has 2 atom stereocenters. The summed E-state index contributed by atoms with van der Waals surface area (Å²) < 4.78 is 13.7. The third-order valence-electron chi connectivity index (χ3n) is 5.83. The average Bonchev–Trinajstić information content (AvgIpc) is 3.03. The van der Waals surface area contributed by atoms with Crippen molar-refractivity contribution >= 4 is 11.9 Å². The van der Waals surface area contributed by atoms with Crippen LogP contribution in [0.15, 0.2) is 33.9 Å². The molecule has 1 heterocycles. The maximum atomic E-state index is 12.8. The number of carbonyl (C=O) groups excluding carboxylic acids is 2. The fourth-order valence-corrected chi connectivity index (χ4v) is 3.57. The topological polar surface area (TPSA) is 124 Å². The van der Waals surface area contributed by atoms with Crippen molar-refractivity contribution in [3.63, 3.8) is 0 Å². The fraction of sp³-hybridized carbons (Fsp3) is 0.538. The van der Waals surface area contributed by atoms with Crippen LogP contribution >= 0.6 is 0 Å². The molecule has 0 aliphatic heterocycles. The molecular formula is C26H36N4O6. The van der Waals surface area contributed by atoms with Gasteiger partial charge >= 0.3 is 23.3 Å². The molecule has 2 aromatic rings. The second-order valence-corrected chi connectivity index (χ2v) is 11.1. The Kier molecular flexibility index (Phi) is 7.50. The number of hydrogen-bond donors (Lipinski definition) is 2. The molecule has 36 heavy (non-hydrogen) atoms. The summed E-state index contributed by atoms with van der Waals surface area (Å²) >= 11 is 0. The minimum atomic E-state index is -0.812. The zero-order chi connectivity index (χ0) is 27.0. The number of rotatable bonds is 6. The molecule has 0 saturated carbocycles. The number of ether oxygens (including phenoxy) is 2. The van der Waals surface area contributed by atoms with Crippen LogP contribution in [0.25, 0.3) is 0 Å².